The molecule has 0 saturated heterocycles. The first kappa shape index (κ1) is 13.6. The van der Waals surface area contributed by atoms with Crippen molar-refractivity contribution in [3.8, 4) is 6.07 Å². The first-order valence-electron chi connectivity index (χ1n) is 5.91. The lowest BCUT2D eigenvalue weighted by atomic mass is 10.1. The maximum absolute atomic E-state index is 9.19. The Balaban J connectivity index is 2.45. The molecule has 2 aromatic rings. The number of hydrogen-bond donors (Lipinski definition) is 1. The van der Waals surface area contributed by atoms with Gasteiger partial charge in [0.15, 0.2) is 0 Å². The highest BCUT2D eigenvalue weighted by molar-refractivity contribution is 9.10. The number of rotatable bonds is 2. The average Bonchev–Trinajstić information content (AvgIpc) is 2.60. The summed E-state index contributed by atoms with van der Waals surface area (Å²) in [6, 6.07) is 6.27. The largest absolute Gasteiger partial charge is 0.339 e. The maximum atomic E-state index is 9.19. The molecule has 19 heavy (non-hydrogen) atoms. The van der Waals surface area contributed by atoms with Gasteiger partial charge in [-0.25, -0.2) is 0 Å². The van der Waals surface area contributed by atoms with Crippen LogP contribution in [0.1, 0.15) is 22.4 Å². The standard InChI is InChI=1S/C14H15BrN4/c1-8-5-11(6-9(2)13(8)15)17-14-12(7-16)10(3)18-19(14)4/h5-6,17H,1-4H3. The summed E-state index contributed by atoms with van der Waals surface area (Å²) < 4.78 is 2.81. The molecule has 1 aromatic carbocycles. The summed E-state index contributed by atoms with van der Waals surface area (Å²) in [5.74, 6) is 0.723. The van der Waals surface area contributed by atoms with E-state index in [0.717, 1.165) is 32.8 Å². The van der Waals surface area contributed by atoms with Crippen LogP contribution in [-0.2, 0) is 7.05 Å². The van der Waals surface area contributed by atoms with Gasteiger partial charge in [0.25, 0.3) is 0 Å². The lowest BCUT2D eigenvalue weighted by Gasteiger charge is -2.11. The zero-order chi connectivity index (χ0) is 14.2. The number of anilines is 2. The van der Waals surface area contributed by atoms with Gasteiger partial charge in [0.2, 0.25) is 0 Å². The van der Waals surface area contributed by atoms with E-state index < -0.39 is 0 Å². The van der Waals surface area contributed by atoms with Crippen LogP contribution in [0.2, 0.25) is 0 Å². The second-order valence-corrected chi connectivity index (χ2v) is 5.39. The number of nitrogens with zero attached hydrogens (tertiary/aromatic N) is 3. The molecule has 0 aliphatic carbocycles. The molecule has 1 N–H and O–H groups in total. The second-order valence-electron chi connectivity index (χ2n) is 4.59. The van der Waals surface area contributed by atoms with E-state index in [1.165, 1.54) is 0 Å². The zero-order valence-electron chi connectivity index (χ0n) is 11.4. The molecule has 0 amide bonds. The molecule has 98 valence electrons. The van der Waals surface area contributed by atoms with E-state index in [2.05, 4.69) is 32.4 Å². The van der Waals surface area contributed by atoms with E-state index in [1.54, 1.807) is 4.68 Å². The number of aryl methyl sites for hydroxylation is 4. The second kappa shape index (κ2) is 5.06. The van der Waals surface area contributed by atoms with Crippen LogP contribution in [-0.4, -0.2) is 9.78 Å². The predicted octanol–water partition coefficient (Wildman–Crippen LogP) is 3.72. The van der Waals surface area contributed by atoms with Crippen molar-refractivity contribution in [3.05, 3.63) is 39.0 Å². The van der Waals surface area contributed by atoms with Gasteiger partial charge in [0.05, 0.1) is 5.69 Å². The maximum Gasteiger partial charge on any atom is 0.146 e. The Morgan fingerprint density at radius 1 is 1.26 bits per heavy atom. The van der Waals surface area contributed by atoms with Crippen molar-refractivity contribution in [3.63, 3.8) is 0 Å². The van der Waals surface area contributed by atoms with Crippen LogP contribution in [0.5, 0.6) is 0 Å². The molecule has 0 unspecified atom stereocenters. The summed E-state index contributed by atoms with van der Waals surface area (Å²) in [6.45, 7) is 5.92. The average molecular weight is 319 g/mol. The fraction of sp³-hybridized carbons (Fsp3) is 0.286. The van der Waals surface area contributed by atoms with Crippen molar-refractivity contribution in [1.82, 2.24) is 9.78 Å². The summed E-state index contributed by atoms with van der Waals surface area (Å²) in [6.07, 6.45) is 0. The normalized spacial score (nSPS) is 10.3. The summed E-state index contributed by atoms with van der Waals surface area (Å²) in [5.41, 5.74) is 4.58. The molecule has 2 rings (SSSR count). The van der Waals surface area contributed by atoms with Crippen LogP contribution in [0.3, 0.4) is 0 Å². The monoisotopic (exact) mass is 318 g/mol. The molecule has 1 heterocycles. The Morgan fingerprint density at radius 3 is 2.37 bits per heavy atom. The summed E-state index contributed by atoms with van der Waals surface area (Å²) in [7, 11) is 1.83. The van der Waals surface area contributed by atoms with E-state index in [9.17, 15) is 5.26 Å². The number of hydrogen-bond acceptors (Lipinski definition) is 3. The van der Waals surface area contributed by atoms with Gasteiger partial charge >= 0.3 is 0 Å². The van der Waals surface area contributed by atoms with Gasteiger partial charge in [-0.15, -0.1) is 0 Å². The molecule has 5 heteroatoms. The molecule has 0 aliphatic heterocycles. The van der Waals surface area contributed by atoms with E-state index in [1.807, 2.05) is 40.0 Å². The quantitative estimate of drug-likeness (QED) is 0.918. The predicted molar refractivity (Wildman–Crippen MR) is 79.6 cm³/mol. The summed E-state index contributed by atoms with van der Waals surface area (Å²) in [4.78, 5) is 0. The summed E-state index contributed by atoms with van der Waals surface area (Å²) in [5, 5.41) is 16.7. The summed E-state index contributed by atoms with van der Waals surface area (Å²) >= 11 is 3.55. The minimum atomic E-state index is 0.584. The highest BCUT2D eigenvalue weighted by atomic mass is 79.9. The number of halogens is 1. The molecule has 0 spiro atoms. The SMILES string of the molecule is Cc1cc(Nc2c(C#N)c(C)nn2C)cc(C)c1Br. The Bertz CT molecular complexity index is 656. The Kier molecular flexibility index (Phi) is 3.63. The Labute approximate surface area is 121 Å². The third-order valence-corrected chi connectivity index (χ3v) is 4.28. The molecular formula is C14H15BrN4. The molecule has 0 aliphatic rings. The van der Waals surface area contributed by atoms with Crippen LogP contribution in [0.25, 0.3) is 0 Å². The molecule has 0 saturated carbocycles. The van der Waals surface area contributed by atoms with Crippen molar-refractivity contribution >= 4 is 27.4 Å². The smallest absolute Gasteiger partial charge is 0.146 e. The number of benzene rings is 1. The van der Waals surface area contributed by atoms with Gasteiger partial charge in [0.1, 0.15) is 17.5 Å². The highest BCUT2D eigenvalue weighted by Gasteiger charge is 2.13. The lowest BCUT2D eigenvalue weighted by molar-refractivity contribution is 0.765. The fourth-order valence-electron chi connectivity index (χ4n) is 2.09. The minimum Gasteiger partial charge on any atom is -0.339 e. The van der Waals surface area contributed by atoms with Crippen LogP contribution >= 0.6 is 15.9 Å². The van der Waals surface area contributed by atoms with Crippen molar-refractivity contribution in [2.24, 2.45) is 7.05 Å². The van der Waals surface area contributed by atoms with E-state index in [4.69, 9.17) is 0 Å². The van der Waals surface area contributed by atoms with Gasteiger partial charge in [-0.05, 0) is 44.0 Å². The molecule has 0 atom stereocenters. The van der Waals surface area contributed by atoms with Crippen LogP contribution in [0.15, 0.2) is 16.6 Å². The first-order valence-corrected chi connectivity index (χ1v) is 6.70. The molecule has 0 radical (unpaired) electrons. The topological polar surface area (TPSA) is 53.6 Å². The van der Waals surface area contributed by atoms with E-state index >= 15 is 0 Å². The highest BCUT2D eigenvalue weighted by Crippen LogP contribution is 2.28. The van der Waals surface area contributed by atoms with E-state index in [0.29, 0.717) is 5.56 Å². The lowest BCUT2D eigenvalue weighted by Crippen LogP contribution is -2.01. The van der Waals surface area contributed by atoms with Gasteiger partial charge in [0, 0.05) is 17.2 Å². The number of nitriles is 1. The third-order valence-electron chi connectivity index (χ3n) is 3.03. The number of nitrogens with one attached hydrogen (secondary N) is 1. The number of aromatic nitrogens is 2. The first-order chi connectivity index (χ1) is 8.93. The van der Waals surface area contributed by atoms with Gasteiger partial charge < -0.3 is 5.32 Å². The minimum absolute atomic E-state index is 0.584. The van der Waals surface area contributed by atoms with Crippen LogP contribution < -0.4 is 5.32 Å². The molecule has 0 bridgehead atoms. The van der Waals surface area contributed by atoms with Crippen molar-refractivity contribution in [2.45, 2.75) is 20.8 Å². The zero-order valence-corrected chi connectivity index (χ0v) is 13.0. The van der Waals surface area contributed by atoms with Crippen LogP contribution in [0, 0.1) is 32.1 Å². The Hall–Kier alpha value is -1.80. The van der Waals surface area contributed by atoms with Crippen molar-refractivity contribution in [2.75, 3.05) is 5.32 Å². The van der Waals surface area contributed by atoms with Crippen LogP contribution in [0.4, 0.5) is 11.5 Å². The fourth-order valence-corrected chi connectivity index (χ4v) is 2.32. The van der Waals surface area contributed by atoms with E-state index in [-0.39, 0.29) is 0 Å². The van der Waals surface area contributed by atoms with Gasteiger partial charge in [-0.3, -0.25) is 4.68 Å². The van der Waals surface area contributed by atoms with Gasteiger partial charge in [-0.2, -0.15) is 10.4 Å². The molecule has 4 nitrogen and oxygen atoms in total. The Morgan fingerprint density at radius 2 is 1.84 bits per heavy atom. The van der Waals surface area contributed by atoms with Crippen molar-refractivity contribution in [1.29, 1.82) is 5.26 Å². The van der Waals surface area contributed by atoms with Crippen molar-refractivity contribution < 1.29 is 0 Å². The molecule has 1 aromatic heterocycles. The van der Waals surface area contributed by atoms with Gasteiger partial charge in [-0.1, -0.05) is 15.9 Å². The molecule has 0 fully saturated rings. The third kappa shape index (κ3) is 2.49. The molecular weight excluding hydrogens is 304 g/mol.